The van der Waals surface area contributed by atoms with Gasteiger partial charge in [-0.2, -0.15) is 0 Å². The summed E-state index contributed by atoms with van der Waals surface area (Å²) < 4.78 is 12.6. The minimum absolute atomic E-state index is 0.00470. The molecule has 4 rings (SSSR count). The molecular formula is C27H34INO4. The zero-order chi connectivity index (χ0) is 24.3. The third-order valence-electron chi connectivity index (χ3n) is 6.66. The number of ketones is 2. The van der Waals surface area contributed by atoms with Gasteiger partial charge in [-0.05, 0) is 77.8 Å². The van der Waals surface area contributed by atoms with E-state index in [1.165, 1.54) is 0 Å². The largest absolute Gasteiger partial charge is 0.493 e. The predicted octanol–water partition coefficient (Wildman–Crippen LogP) is 6.06. The third-order valence-corrected chi connectivity index (χ3v) is 7.46. The van der Waals surface area contributed by atoms with Crippen LogP contribution in [0.1, 0.15) is 78.7 Å². The maximum Gasteiger partial charge on any atom is 0.174 e. The van der Waals surface area contributed by atoms with E-state index in [4.69, 9.17) is 9.47 Å². The topological polar surface area (TPSA) is 64.6 Å². The number of hydrogen-bond donors (Lipinski definition) is 1. The van der Waals surface area contributed by atoms with Gasteiger partial charge in [-0.1, -0.05) is 27.7 Å². The summed E-state index contributed by atoms with van der Waals surface area (Å²) in [6, 6.07) is 4.00. The first-order valence-corrected chi connectivity index (χ1v) is 12.7. The number of benzene rings is 1. The number of allylic oxidation sites excluding steroid dienone is 4. The number of carbonyl (C=O) groups excluding carboxylic acids is 2. The van der Waals surface area contributed by atoms with Crippen LogP contribution in [0.3, 0.4) is 0 Å². The first-order valence-electron chi connectivity index (χ1n) is 11.7. The van der Waals surface area contributed by atoms with Gasteiger partial charge in [0.2, 0.25) is 0 Å². The Balaban J connectivity index is 1.93. The number of hydrogen-bond acceptors (Lipinski definition) is 5. The highest BCUT2D eigenvalue weighted by molar-refractivity contribution is 14.1. The maximum atomic E-state index is 13.5. The molecule has 1 heterocycles. The van der Waals surface area contributed by atoms with Gasteiger partial charge in [-0.3, -0.25) is 9.59 Å². The molecule has 0 spiro atoms. The number of Topliss-reactive ketones (excluding diaryl/α,β-unsaturated/α-hetero) is 2. The normalized spacial score (nSPS) is 22.2. The summed E-state index contributed by atoms with van der Waals surface area (Å²) >= 11 is 2.26. The van der Waals surface area contributed by atoms with E-state index >= 15 is 0 Å². The molecule has 33 heavy (non-hydrogen) atoms. The van der Waals surface area contributed by atoms with E-state index in [-0.39, 0.29) is 34.4 Å². The van der Waals surface area contributed by atoms with Crippen LogP contribution in [0.25, 0.3) is 0 Å². The molecule has 1 N–H and O–H groups in total. The van der Waals surface area contributed by atoms with Crippen LogP contribution in [-0.2, 0) is 9.59 Å². The Morgan fingerprint density at radius 1 is 0.939 bits per heavy atom. The van der Waals surface area contributed by atoms with E-state index in [0.717, 1.165) is 44.5 Å². The molecular weight excluding hydrogens is 529 g/mol. The molecule has 3 aliphatic rings. The van der Waals surface area contributed by atoms with E-state index in [1.54, 1.807) is 7.11 Å². The molecule has 0 radical (unpaired) electrons. The molecule has 1 aromatic carbocycles. The Bertz CT molecular complexity index is 1040. The summed E-state index contributed by atoms with van der Waals surface area (Å²) in [4.78, 5) is 27.0. The standard InChI is InChI=1S/C27H34INO4/c1-14(2)33-25-16(28)8-15(9-21(25)32-7)22-23-17(10-26(3,4)12-19(23)30)29-18-11-27(5,6)13-20(31)24(18)22/h8-9,14,22,29H,10-13H2,1-7H3. The van der Waals surface area contributed by atoms with Crippen molar-refractivity contribution < 1.29 is 19.1 Å². The van der Waals surface area contributed by atoms with Crippen LogP contribution in [0.15, 0.2) is 34.7 Å². The van der Waals surface area contributed by atoms with E-state index in [2.05, 4.69) is 55.6 Å². The quantitative estimate of drug-likeness (QED) is 0.452. The first kappa shape index (κ1) is 24.3. The van der Waals surface area contributed by atoms with E-state index in [9.17, 15) is 9.59 Å². The summed E-state index contributed by atoms with van der Waals surface area (Å²) in [7, 11) is 1.63. The molecule has 1 aliphatic heterocycles. The van der Waals surface area contributed by atoms with E-state index < -0.39 is 0 Å². The first-order chi connectivity index (χ1) is 15.3. The lowest BCUT2D eigenvalue weighted by Crippen LogP contribution is -2.42. The monoisotopic (exact) mass is 563 g/mol. The number of methoxy groups -OCH3 is 1. The third kappa shape index (κ3) is 4.60. The Hall–Kier alpha value is -1.83. The van der Waals surface area contributed by atoms with E-state index in [1.807, 2.05) is 26.0 Å². The summed E-state index contributed by atoms with van der Waals surface area (Å²) in [5, 5.41) is 3.57. The molecule has 0 fully saturated rings. The molecule has 0 saturated carbocycles. The second-order valence-corrected chi connectivity index (χ2v) is 12.6. The lowest BCUT2D eigenvalue weighted by atomic mass is 9.64. The number of rotatable bonds is 4. The van der Waals surface area contributed by atoms with Crippen molar-refractivity contribution >= 4 is 34.2 Å². The average Bonchev–Trinajstić information content (AvgIpc) is 2.65. The predicted molar refractivity (Wildman–Crippen MR) is 137 cm³/mol. The summed E-state index contributed by atoms with van der Waals surface area (Å²) in [5.74, 6) is 1.19. The molecule has 0 unspecified atom stereocenters. The minimum atomic E-state index is -0.376. The zero-order valence-corrected chi connectivity index (χ0v) is 22.8. The van der Waals surface area contributed by atoms with Gasteiger partial charge in [-0.25, -0.2) is 0 Å². The molecule has 0 atom stereocenters. The average molecular weight is 563 g/mol. The molecule has 6 heteroatoms. The number of ether oxygens (including phenoxy) is 2. The molecule has 5 nitrogen and oxygen atoms in total. The highest BCUT2D eigenvalue weighted by Crippen LogP contribution is 2.52. The SMILES string of the molecule is COc1cc(C2C3=C(CC(C)(C)CC3=O)NC3=C2C(=O)CC(C)(C)C3)cc(I)c1OC(C)C. The van der Waals surface area contributed by atoms with Crippen LogP contribution in [-0.4, -0.2) is 24.8 Å². The Kier molecular flexibility index (Phi) is 6.21. The highest BCUT2D eigenvalue weighted by atomic mass is 127. The minimum Gasteiger partial charge on any atom is -0.493 e. The molecule has 0 amide bonds. The summed E-state index contributed by atoms with van der Waals surface area (Å²) in [5.41, 5.74) is 4.13. The van der Waals surface area contributed by atoms with Crippen LogP contribution in [0.5, 0.6) is 11.5 Å². The number of carbonyl (C=O) groups is 2. The summed E-state index contributed by atoms with van der Waals surface area (Å²) in [6.07, 6.45) is 2.55. The van der Waals surface area contributed by atoms with Crippen molar-refractivity contribution in [2.24, 2.45) is 10.8 Å². The smallest absolute Gasteiger partial charge is 0.174 e. The van der Waals surface area contributed by atoms with Crippen LogP contribution in [0, 0.1) is 14.4 Å². The lowest BCUT2D eigenvalue weighted by molar-refractivity contribution is -0.119. The van der Waals surface area contributed by atoms with Crippen molar-refractivity contribution in [2.45, 2.75) is 79.2 Å². The fourth-order valence-corrected chi connectivity index (χ4v) is 6.23. The zero-order valence-electron chi connectivity index (χ0n) is 20.6. The Labute approximate surface area is 210 Å². The number of halogens is 1. The second-order valence-electron chi connectivity index (χ2n) is 11.4. The van der Waals surface area contributed by atoms with Gasteiger partial charge < -0.3 is 14.8 Å². The molecule has 0 saturated heterocycles. The Morgan fingerprint density at radius 3 is 1.91 bits per heavy atom. The highest BCUT2D eigenvalue weighted by Gasteiger charge is 2.46. The van der Waals surface area contributed by atoms with Crippen molar-refractivity contribution in [2.75, 3.05) is 7.11 Å². The van der Waals surface area contributed by atoms with Gasteiger partial charge in [0.05, 0.1) is 16.8 Å². The van der Waals surface area contributed by atoms with Crippen LogP contribution < -0.4 is 14.8 Å². The number of nitrogens with one attached hydrogen (secondary N) is 1. The maximum absolute atomic E-state index is 13.5. The van der Waals surface area contributed by atoms with Crippen molar-refractivity contribution in [1.82, 2.24) is 5.32 Å². The molecule has 1 aromatic rings. The van der Waals surface area contributed by atoms with E-state index in [0.29, 0.717) is 24.3 Å². The van der Waals surface area contributed by atoms with Crippen molar-refractivity contribution in [3.63, 3.8) is 0 Å². The lowest BCUT2D eigenvalue weighted by Gasteiger charge is -2.44. The molecule has 0 aromatic heterocycles. The number of dihydropyridines is 1. The van der Waals surface area contributed by atoms with Crippen LogP contribution >= 0.6 is 22.6 Å². The molecule has 2 aliphatic carbocycles. The van der Waals surface area contributed by atoms with Gasteiger partial charge in [0.1, 0.15) is 0 Å². The summed E-state index contributed by atoms with van der Waals surface area (Å²) in [6.45, 7) is 12.5. The van der Waals surface area contributed by atoms with Gasteiger partial charge in [0, 0.05) is 41.3 Å². The van der Waals surface area contributed by atoms with Gasteiger partial charge in [0.25, 0.3) is 0 Å². The molecule has 178 valence electrons. The van der Waals surface area contributed by atoms with Gasteiger partial charge in [0.15, 0.2) is 23.1 Å². The second kappa shape index (κ2) is 8.43. The van der Waals surface area contributed by atoms with Crippen LogP contribution in [0.4, 0.5) is 0 Å². The Morgan fingerprint density at radius 2 is 1.45 bits per heavy atom. The van der Waals surface area contributed by atoms with Gasteiger partial charge >= 0.3 is 0 Å². The fraction of sp³-hybridized carbons (Fsp3) is 0.556. The molecule has 0 bridgehead atoms. The van der Waals surface area contributed by atoms with Crippen molar-refractivity contribution in [3.8, 4) is 11.5 Å². The van der Waals surface area contributed by atoms with Crippen molar-refractivity contribution in [3.05, 3.63) is 43.8 Å². The fourth-order valence-electron chi connectivity index (χ4n) is 5.48. The van der Waals surface area contributed by atoms with Crippen molar-refractivity contribution in [1.29, 1.82) is 0 Å². The van der Waals surface area contributed by atoms with Gasteiger partial charge in [-0.15, -0.1) is 0 Å². The van der Waals surface area contributed by atoms with Crippen LogP contribution in [0.2, 0.25) is 0 Å².